The number of aromatic nitrogens is 2. The number of hydrogen-bond acceptors (Lipinski definition) is 5. The van der Waals surface area contributed by atoms with Crippen LogP contribution in [0.25, 0.3) is 0 Å². The first-order valence-electron chi connectivity index (χ1n) is 7.71. The van der Waals surface area contributed by atoms with E-state index in [4.69, 9.17) is 4.74 Å². The van der Waals surface area contributed by atoms with Crippen LogP contribution in [-0.2, 0) is 11.2 Å². The Morgan fingerprint density at radius 3 is 2.57 bits per heavy atom. The van der Waals surface area contributed by atoms with E-state index in [1.165, 1.54) is 15.4 Å². The number of hydrogen-bond donors (Lipinski definition) is 2. The van der Waals surface area contributed by atoms with E-state index >= 15 is 0 Å². The lowest BCUT2D eigenvalue weighted by molar-refractivity contribution is 0.110. The third-order valence-corrected chi connectivity index (χ3v) is 4.49. The molecule has 1 aromatic heterocycles. The van der Waals surface area contributed by atoms with Gasteiger partial charge < -0.3 is 14.9 Å². The van der Waals surface area contributed by atoms with Crippen molar-refractivity contribution in [1.29, 1.82) is 0 Å². The van der Waals surface area contributed by atoms with Gasteiger partial charge in [0.05, 0.1) is 38.5 Å². The van der Waals surface area contributed by atoms with Crippen LogP contribution >= 0.6 is 12.6 Å². The summed E-state index contributed by atoms with van der Waals surface area (Å²) < 4.78 is 8.22. The molecule has 0 radical (unpaired) electrons. The Balaban J connectivity index is 1.88. The first kappa shape index (κ1) is 16.0. The zero-order chi connectivity index (χ0) is 16.2. The lowest BCUT2D eigenvalue weighted by atomic mass is 10.1. The van der Waals surface area contributed by atoms with Crippen LogP contribution in [0.5, 0.6) is 5.88 Å². The lowest BCUT2D eigenvalue weighted by Gasteiger charge is -2.28. The maximum Gasteiger partial charge on any atom is 0.350 e. The highest BCUT2D eigenvalue weighted by atomic mass is 32.1. The number of morpholine rings is 1. The van der Waals surface area contributed by atoms with Gasteiger partial charge in [-0.3, -0.25) is 4.57 Å². The van der Waals surface area contributed by atoms with Crippen LogP contribution in [-0.4, -0.2) is 46.4 Å². The van der Waals surface area contributed by atoms with Gasteiger partial charge in [0, 0.05) is 5.75 Å². The maximum absolute atomic E-state index is 12.7. The van der Waals surface area contributed by atoms with Crippen LogP contribution in [0.4, 0.5) is 0 Å². The maximum atomic E-state index is 12.7. The largest absolute Gasteiger partial charge is 0.493 e. The highest BCUT2D eigenvalue weighted by molar-refractivity contribution is 7.80. The van der Waals surface area contributed by atoms with Crippen LogP contribution in [0.1, 0.15) is 11.6 Å². The second-order valence-corrected chi connectivity index (χ2v) is 5.94. The summed E-state index contributed by atoms with van der Waals surface area (Å²) in [5.41, 5.74) is 0.872. The molecule has 0 spiro atoms. The number of ether oxygens (including phenoxy) is 1. The van der Waals surface area contributed by atoms with Gasteiger partial charge in [-0.1, -0.05) is 30.3 Å². The van der Waals surface area contributed by atoms with E-state index in [1.54, 1.807) is 0 Å². The average Bonchev–Trinajstić information content (AvgIpc) is 2.89. The molecule has 2 heterocycles. The first-order valence-corrected chi connectivity index (χ1v) is 8.34. The first-order chi connectivity index (χ1) is 11.2. The number of imidazole rings is 1. The van der Waals surface area contributed by atoms with Crippen molar-refractivity contribution < 1.29 is 9.84 Å². The Morgan fingerprint density at radius 1 is 1.22 bits per heavy atom. The molecule has 0 amide bonds. The van der Waals surface area contributed by atoms with Gasteiger partial charge in [0.2, 0.25) is 5.88 Å². The molecule has 3 rings (SSSR count). The highest BCUT2D eigenvalue weighted by Crippen LogP contribution is 2.20. The molecule has 0 aliphatic carbocycles. The minimum Gasteiger partial charge on any atom is -0.493 e. The van der Waals surface area contributed by atoms with E-state index in [0.717, 1.165) is 5.56 Å². The molecular formula is C16H21N3O3S. The van der Waals surface area contributed by atoms with E-state index in [0.29, 0.717) is 38.5 Å². The molecule has 2 aromatic rings. The molecule has 0 bridgehead atoms. The fourth-order valence-corrected chi connectivity index (χ4v) is 3.17. The van der Waals surface area contributed by atoms with Gasteiger partial charge in [0.15, 0.2) is 0 Å². The monoisotopic (exact) mass is 335 g/mol. The van der Waals surface area contributed by atoms with Gasteiger partial charge in [0.1, 0.15) is 0 Å². The third-order valence-electron chi connectivity index (χ3n) is 4.07. The van der Waals surface area contributed by atoms with Crippen molar-refractivity contribution in [1.82, 2.24) is 9.24 Å². The minimum absolute atomic E-state index is 0.0310. The fourth-order valence-electron chi connectivity index (χ4n) is 2.87. The second kappa shape index (κ2) is 7.14. The van der Waals surface area contributed by atoms with E-state index in [1.807, 2.05) is 35.3 Å². The Kier molecular flexibility index (Phi) is 4.97. The lowest BCUT2D eigenvalue weighted by Crippen LogP contribution is -2.49. The second-order valence-electron chi connectivity index (χ2n) is 5.58. The molecule has 1 saturated heterocycles. The van der Waals surface area contributed by atoms with Crippen molar-refractivity contribution >= 4 is 12.6 Å². The van der Waals surface area contributed by atoms with Crippen molar-refractivity contribution in [2.45, 2.75) is 12.5 Å². The van der Waals surface area contributed by atoms with Gasteiger partial charge in [-0.2, -0.15) is 12.6 Å². The van der Waals surface area contributed by atoms with Gasteiger partial charge in [-0.05, 0) is 12.0 Å². The van der Waals surface area contributed by atoms with E-state index in [2.05, 4.69) is 12.6 Å². The normalized spacial score (nSPS) is 16.5. The van der Waals surface area contributed by atoms with Crippen molar-refractivity contribution in [3.63, 3.8) is 0 Å². The Labute approximate surface area is 140 Å². The molecule has 7 heteroatoms. The fraction of sp³-hybridized carbons (Fsp3) is 0.438. The molecule has 1 atom stereocenters. The summed E-state index contributed by atoms with van der Waals surface area (Å²) >= 11 is 4.37. The van der Waals surface area contributed by atoms with Crippen molar-refractivity contribution in [2.24, 2.45) is 0 Å². The van der Waals surface area contributed by atoms with Crippen LogP contribution in [0.3, 0.4) is 0 Å². The number of benzene rings is 1. The molecule has 124 valence electrons. The molecule has 1 N–H and O–H groups in total. The summed E-state index contributed by atoms with van der Waals surface area (Å²) in [5.74, 6) is 0.437. The van der Waals surface area contributed by atoms with Gasteiger partial charge in [-0.15, -0.1) is 0 Å². The number of aromatic hydroxyl groups is 1. The van der Waals surface area contributed by atoms with Crippen LogP contribution in [0, 0.1) is 0 Å². The Bertz CT molecular complexity index is 692. The van der Waals surface area contributed by atoms with Crippen LogP contribution < -0.4 is 10.7 Å². The number of rotatable bonds is 5. The minimum atomic E-state index is -0.237. The molecular weight excluding hydrogens is 314 g/mol. The number of thiol groups is 1. The van der Waals surface area contributed by atoms with Gasteiger partial charge in [-0.25, -0.2) is 9.47 Å². The van der Waals surface area contributed by atoms with Crippen molar-refractivity contribution in [3.05, 3.63) is 52.6 Å². The molecule has 1 fully saturated rings. The molecule has 1 aliphatic heterocycles. The SMILES string of the molecule is O=c1n(N2CCOCC2)cc(O)n1C(CS)Cc1ccccc1. The summed E-state index contributed by atoms with van der Waals surface area (Å²) in [7, 11) is 0. The summed E-state index contributed by atoms with van der Waals surface area (Å²) in [6.45, 7) is 2.43. The summed E-state index contributed by atoms with van der Waals surface area (Å²) in [4.78, 5) is 12.7. The molecule has 6 nitrogen and oxygen atoms in total. The van der Waals surface area contributed by atoms with Gasteiger partial charge >= 0.3 is 5.69 Å². The third kappa shape index (κ3) is 3.40. The smallest absolute Gasteiger partial charge is 0.350 e. The summed E-state index contributed by atoms with van der Waals surface area (Å²) in [5, 5.41) is 12.2. The summed E-state index contributed by atoms with van der Waals surface area (Å²) in [6, 6.07) is 9.71. The van der Waals surface area contributed by atoms with Crippen LogP contribution in [0.15, 0.2) is 41.3 Å². The summed E-state index contributed by atoms with van der Waals surface area (Å²) in [6.07, 6.45) is 2.13. The molecule has 23 heavy (non-hydrogen) atoms. The van der Waals surface area contributed by atoms with E-state index in [9.17, 15) is 9.90 Å². The quantitative estimate of drug-likeness (QED) is 0.802. The predicted molar refractivity (Wildman–Crippen MR) is 92.2 cm³/mol. The predicted octanol–water partition coefficient (Wildman–Crippen LogP) is 1.04. The molecule has 1 aliphatic rings. The van der Waals surface area contributed by atoms with E-state index in [-0.39, 0.29) is 17.6 Å². The highest BCUT2D eigenvalue weighted by Gasteiger charge is 2.22. The molecule has 1 unspecified atom stereocenters. The topological polar surface area (TPSA) is 59.6 Å². The van der Waals surface area contributed by atoms with E-state index < -0.39 is 0 Å². The Morgan fingerprint density at radius 2 is 1.91 bits per heavy atom. The van der Waals surface area contributed by atoms with Crippen molar-refractivity contribution in [2.75, 3.05) is 37.1 Å². The zero-order valence-electron chi connectivity index (χ0n) is 12.8. The zero-order valence-corrected chi connectivity index (χ0v) is 13.7. The standard InChI is InChI=1S/C16H21N3O3S/c20-15-11-18(17-6-8-22-9-7-17)16(21)19(15)14(12-23)10-13-4-2-1-3-5-13/h1-5,11,14,20,23H,6-10,12H2. The van der Waals surface area contributed by atoms with Crippen LogP contribution in [0.2, 0.25) is 0 Å². The molecule has 1 aromatic carbocycles. The number of nitrogens with zero attached hydrogens (tertiary/aromatic N) is 3. The van der Waals surface area contributed by atoms with Crippen molar-refractivity contribution in [3.8, 4) is 5.88 Å². The molecule has 0 saturated carbocycles. The van der Waals surface area contributed by atoms with Gasteiger partial charge in [0.25, 0.3) is 0 Å². The Hall–Kier alpha value is -1.86. The average molecular weight is 335 g/mol.